The van der Waals surface area contributed by atoms with Gasteiger partial charge in [-0.15, -0.1) is 0 Å². The minimum Gasteiger partial charge on any atom is -0.384 e. The maximum Gasteiger partial charge on any atom is 0.255 e. The summed E-state index contributed by atoms with van der Waals surface area (Å²) >= 11 is 0. The fourth-order valence-electron chi connectivity index (χ4n) is 4.00. The normalized spacial score (nSPS) is 21.7. The molecule has 1 saturated heterocycles. The lowest BCUT2D eigenvalue weighted by Gasteiger charge is -2.32. The fraction of sp³-hybridized carbons (Fsp3) is 0.300. The predicted molar refractivity (Wildman–Crippen MR) is 99.5 cm³/mol. The molecule has 0 radical (unpaired) electrons. The third-order valence-electron chi connectivity index (χ3n) is 5.40. The molecule has 28 heavy (non-hydrogen) atoms. The minimum atomic E-state index is -0.803. The lowest BCUT2D eigenvalue weighted by Crippen LogP contribution is -2.53. The lowest BCUT2D eigenvalue weighted by atomic mass is 9.97. The van der Waals surface area contributed by atoms with Crippen molar-refractivity contribution in [1.29, 1.82) is 0 Å². The van der Waals surface area contributed by atoms with Gasteiger partial charge in [0.05, 0.1) is 11.7 Å². The van der Waals surface area contributed by atoms with E-state index in [0.29, 0.717) is 5.69 Å². The summed E-state index contributed by atoms with van der Waals surface area (Å²) in [5, 5.41) is 2.25. The van der Waals surface area contributed by atoms with Crippen molar-refractivity contribution in [2.75, 3.05) is 5.73 Å². The number of nitrogens with one attached hydrogen (secondary N) is 1. The van der Waals surface area contributed by atoms with Gasteiger partial charge in [-0.05, 0) is 44.0 Å². The molecule has 1 aromatic carbocycles. The van der Waals surface area contributed by atoms with E-state index in [1.807, 2.05) is 0 Å². The third-order valence-corrected chi connectivity index (χ3v) is 5.40. The molecule has 144 valence electrons. The molecule has 1 aromatic heterocycles. The Balaban J connectivity index is 1.78. The number of nitrogens with two attached hydrogens (primary N) is 1. The number of benzene rings is 1. The second-order valence-electron chi connectivity index (χ2n) is 7.15. The van der Waals surface area contributed by atoms with Crippen molar-refractivity contribution in [1.82, 2.24) is 15.2 Å². The van der Waals surface area contributed by atoms with E-state index in [1.165, 1.54) is 11.0 Å². The maximum absolute atomic E-state index is 15.5. The quantitative estimate of drug-likeness (QED) is 0.774. The molecule has 1 fully saturated rings. The number of fused-ring (bicyclic) bond motifs is 1. The number of nitrogen functional groups attached to an aromatic ring is 1. The van der Waals surface area contributed by atoms with E-state index in [0.717, 1.165) is 5.56 Å². The number of amides is 3. The summed E-state index contributed by atoms with van der Waals surface area (Å²) in [6.07, 6.45) is 0.364. The van der Waals surface area contributed by atoms with Gasteiger partial charge in [-0.2, -0.15) is 0 Å². The van der Waals surface area contributed by atoms with Gasteiger partial charge in [0.15, 0.2) is 0 Å². The number of hydrogen-bond donors (Lipinski definition) is 2. The number of pyridine rings is 1. The summed E-state index contributed by atoms with van der Waals surface area (Å²) in [5.41, 5.74) is 7.64. The first-order valence-corrected chi connectivity index (χ1v) is 9.02. The molecule has 3 heterocycles. The highest BCUT2D eigenvalue weighted by Crippen LogP contribution is 2.41. The Morgan fingerprint density at radius 2 is 1.89 bits per heavy atom. The summed E-state index contributed by atoms with van der Waals surface area (Å²) < 4.78 is 15.5. The third kappa shape index (κ3) is 2.64. The van der Waals surface area contributed by atoms with Crippen molar-refractivity contribution in [3.63, 3.8) is 0 Å². The number of imide groups is 1. The Bertz CT molecular complexity index is 1040. The van der Waals surface area contributed by atoms with Crippen molar-refractivity contribution < 1.29 is 18.8 Å². The van der Waals surface area contributed by atoms with Crippen LogP contribution in [0.5, 0.6) is 0 Å². The number of rotatable bonds is 2. The second-order valence-corrected chi connectivity index (χ2v) is 7.15. The molecule has 2 aliphatic heterocycles. The van der Waals surface area contributed by atoms with Gasteiger partial charge in [-0.3, -0.25) is 19.7 Å². The van der Waals surface area contributed by atoms with Crippen molar-refractivity contribution in [3.8, 4) is 11.3 Å². The number of nitrogens with zero attached hydrogens (tertiary/aromatic N) is 2. The minimum absolute atomic E-state index is 0.142. The number of anilines is 1. The molecule has 2 unspecified atom stereocenters. The van der Waals surface area contributed by atoms with Gasteiger partial charge in [0, 0.05) is 23.1 Å². The van der Waals surface area contributed by atoms with Crippen molar-refractivity contribution >= 4 is 23.5 Å². The first kappa shape index (κ1) is 18.1. The monoisotopic (exact) mass is 382 g/mol. The van der Waals surface area contributed by atoms with Crippen molar-refractivity contribution in [3.05, 3.63) is 46.8 Å². The van der Waals surface area contributed by atoms with E-state index < -0.39 is 29.7 Å². The molecule has 0 bridgehead atoms. The van der Waals surface area contributed by atoms with Crippen LogP contribution in [0.3, 0.4) is 0 Å². The number of aryl methyl sites for hydroxylation is 1. The van der Waals surface area contributed by atoms with Gasteiger partial charge in [-0.1, -0.05) is 6.07 Å². The molecule has 0 spiro atoms. The molecular weight excluding hydrogens is 363 g/mol. The van der Waals surface area contributed by atoms with Crippen LogP contribution in [-0.4, -0.2) is 33.6 Å². The Kier molecular flexibility index (Phi) is 4.14. The van der Waals surface area contributed by atoms with Crippen LogP contribution < -0.4 is 11.1 Å². The van der Waals surface area contributed by atoms with Gasteiger partial charge in [-0.25, -0.2) is 9.37 Å². The molecule has 3 N–H and O–H groups in total. The molecule has 0 aliphatic carbocycles. The SMILES string of the molecule is Cc1ccc(N)nc1-c1ccc2c(c1F)C(C)N(C1CCC(=O)NC1=O)C2=O. The second kappa shape index (κ2) is 6.40. The zero-order chi connectivity index (χ0) is 20.2. The average Bonchev–Trinajstić information content (AvgIpc) is 2.89. The molecule has 8 heteroatoms. The number of carbonyl (C=O) groups excluding carboxylic acids is 3. The Hall–Kier alpha value is -3.29. The zero-order valence-electron chi connectivity index (χ0n) is 15.5. The maximum atomic E-state index is 15.5. The van der Waals surface area contributed by atoms with Crippen molar-refractivity contribution in [2.24, 2.45) is 0 Å². The molecule has 2 aliphatic rings. The number of halogens is 1. The van der Waals surface area contributed by atoms with Gasteiger partial charge in [0.25, 0.3) is 5.91 Å². The summed E-state index contributed by atoms with van der Waals surface area (Å²) in [5.74, 6) is -1.59. The van der Waals surface area contributed by atoms with Crippen LogP contribution in [0.25, 0.3) is 11.3 Å². The predicted octanol–water partition coefficient (Wildman–Crippen LogP) is 2.10. The van der Waals surface area contributed by atoms with Crippen LogP contribution in [0.15, 0.2) is 24.3 Å². The van der Waals surface area contributed by atoms with Crippen LogP contribution in [0.1, 0.15) is 47.3 Å². The highest BCUT2D eigenvalue weighted by molar-refractivity contribution is 6.06. The molecule has 4 rings (SSSR count). The topological polar surface area (TPSA) is 105 Å². The molecule has 2 atom stereocenters. The van der Waals surface area contributed by atoms with Crippen LogP contribution in [-0.2, 0) is 9.59 Å². The highest BCUT2D eigenvalue weighted by Gasteiger charge is 2.44. The molecule has 7 nitrogen and oxygen atoms in total. The van der Waals surface area contributed by atoms with Crippen LogP contribution in [0.4, 0.5) is 10.2 Å². The van der Waals surface area contributed by atoms with E-state index in [-0.39, 0.29) is 41.3 Å². The largest absolute Gasteiger partial charge is 0.384 e. The van der Waals surface area contributed by atoms with E-state index in [2.05, 4.69) is 10.3 Å². The zero-order valence-corrected chi connectivity index (χ0v) is 15.5. The van der Waals surface area contributed by atoms with E-state index in [4.69, 9.17) is 5.73 Å². The Labute approximate surface area is 160 Å². The van der Waals surface area contributed by atoms with Crippen LogP contribution in [0, 0.1) is 12.7 Å². The number of piperidine rings is 1. The first-order chi connectivity index (χ1) is 13.3. The van der Waals surface area contributed by atoms with Crippen molar-refractivity contribution in [2.45, 2.75) is 38.8 Å². The number of aromatic nitrogens is 1. The summed E-state index contributed by atoms with van der Waals surface area (Å²) in [6, 6.07) is 5.02. The van der Waals surface area contributed by atoms with Crippen LogP contribution in [0.2, 0.25) is 0 Å². The van der Waals surface area contributed by atoms with E-state index in [9.17, 15) is 14.4 Å². The van der Waals surface area contributed by atoms with Gasteiger partial charge < -0.3 is 10.6 Å². The summed E-state index contributed by atoms with van der Waals surface area (Å²) in [6.45, 7) is 3.48. The molecular formula is C20H19FN4O3. The Morgan fingerprint density at radius 1 is 1.18 bits per heavy atom. The molecule has 3 amide bonds. The van der Waals surface area contributed by atoms with E-state index in [1.54, 1.807) is 32.0 Å². The lowest BCUT2D eigenvalue weighted by molar-refractivity contribution is -0.137. The first-order valence-electron chi connectivity index (χ1n) is 9.02. The van der Waals surface area contributed by atoms with Gasteiger partial charge in [0.2, 0.25) is 11.8 Å². The summed E-state index contributed by atoms with van der Waals surface area (Å²) in [7, 11) is 0. The smallest absolute Gasteiger partial charge is 0.255 e. The fourth-order valence-corrected chi connectivity index (χ4v) is 4.00. The average molecular weight is 382 g/mol. The standard InChI is InChI=1S/C20H19FN4O3/c1-9-3-7-14(22)23-18(9)12-5-4-11-16(17(12)21)10(2)25(20(11)28)13-6-8-15(26)24-19(13)27/h3-5,7,10,13H,6,8H2,1-2H3,(H2,22,23)(H,24,26,27). The number of hydrogen-bond acceptors (Lipinski definition) is 5. The van der Waals surface area contributed by atoms with E-state index >= 15 is 4.39 Å². The molecule has 0 saturated carbocycles. The number of carbonyl (C=O) groups is 3. The van der Waals surface area contributed by atoms with Gasteiger partial charge >= 0.3 is 0 Å². The highest BCUT2D eigenvalue weighted by atomic mass is 19.1. The Morgan fingerprint density at radius 3 is 2.61 bits per heavy atom. The van der Waals surface area contributed by atoms with Crippen LogP contribution >= 0.6 is 0 Å². The molecule has 2 aromatic rings. The van der Waals surface area contributed by atoms with Gasteiger partial charge in [0.1, 0.15) is 17.7 Å². The summed E-state index contributed by atoms with van der Waals surface area (Å²) in [4.78, 5) is 42.2.